The maximum absolute atomic E-state index is 13.2. The van der Waals surface area contributed by atoms with Crippen molar-refractivity contribution >= 4 is 50.3 Å². The fourth-order valence-electron chi connectivity index (χ4n) is 3.29. The second-order valence-corrected chi connectivity index (χ2v) is 8.71. The molecule has 1 amide bonds. The third kappa shape index (κ3) is 3.13. The van der Waals surface area contributed by atoms with E-state index in [9.17, 15) is 10.1 Å². The van der Waals surface area contributed by atoms with Gasteiger partial charge in [-0.2, -0.15) is 5.26 Å². The number of hydrogen-bond donors (Lipinski definition) is 2. The Bertz CT molecular complexity index is 1040. The van der Waals surface area contributed by atoms with Crippen molar-refractivity contribution in [2.24, 2.45) is 0 Å². The van der Waals surface area contributed by atoms with E-state index in [1.54, 1.807) is 4.90 Å². The minimum Gasteiger partial charge on any atom is -0.397 e. The van der Waals surface area contributed by atoms with Crippen LogP contribution in [0.4, 0.5) is 11.5 Å². The smallest absolute Gasteiger partial charge is 0.266 e. The summed E-state index contributed by atoms with van der Waals surface area (Å²) in [5.41, 5.74) is 13.8. The van der Waals surface area contributed by atoms with Crippen molar-refractivity contribution in [2.75, 3.05) is 11.5 Å². The summed E-state index contributed by atoms with van der Waals surface area (Å²) in [6.07, 6.45) is 0. The van der Waals surface area contributed by atoms with Crippen molar-refractivity contribution in [2.45, 2.75) is 39.8 Å². The average Bonchev–Trinajstić information content (AvgIpc) is 3.21. The fourth-order valence-corrected chi connectivity index (χ4v) is 5.13. The van der Waals surface area contributed by atoms with E-state index >= 15 is 0 Å². The van der Waals surface area contributed by atoms with Gasteiger partial charge in [-0.15, -0.1) is 22.7 Å². The van der Waals surface area contributed by atoms with Crippen LogP contribution in [0.15, 0.2) is 17.5 Å². The van der Waals surface area contributed by atoms with Gasteiger partial charge in [0.2, 0.25) is 0 Å². The number of fused-ring (bicyclic) bond motifs is 1. The third-order valence-corrected chi connectivity index (χ3v) is 6.30. The van der Waals surface area contributed by atoms with E-state index in [4.69, 9.17) is 11.5 Å². The third-order valence-electron chi connectivity index (χ3n) is 4.33. The fraction of sp³-hybridized carbons (Fsp3) is 0.316. The van der Waals surface area contributed by atoms with Gasteiger partial charge in [-0.25, -0.2) is 4.98 Å². The number of carbonyl (C=O) groups excluding carboxylic acids is 1. The number of nitrogens with zero attached hydrogens (tertiary/aromatic N) is 3. The van der Waals surface area contributed by atoms with Crippen molar-refractivity contribution in [3.63, 3.8) is 0 Å². The Kier molecular flexibility index (Phi) is 5.09. The number of anilines is 2. The van der Waals surface area contributed by atoms with Crippen molar-refractivity contribution in [1.82, 2.24) is 9.88 Å². The summed E-state index contributed by atoms with van der Waals surface area (Å²) in [6.45, 7) is 7.90. The number of carbonyl (C=O) groups is 1. The molecule has 27 heavy (non-hydrogen) atoms. The Morgan fingerprint density at radius 3 is 2.44 bits per heavy atom. The second kappa shape index (κ2) is 7.18. The highest BCUT2D eigenvalue weighted by Gasteiger charge is 2.29. The molecule has 0 bridgehead atoms. The Hall–Kier alpha value is -2.63. The number of thiophene rings is 2. The molecule has 0 atom stereocenters. The summed E-state index contributed by atoms with van der Waals surface area (Å²) in [4.78, 5) is 21.2. The van der Waals surface area contributed by atoms with Crippen LogP contribution in [0.1, 0.15) is 42.9 Å². The first-order valence-electron chi connectivity index (χ1n) is 8.56. The van der Waals surface area contributed by atoms with Crippen molar-refractivity contribution in [3.05, 3.63) is 28.0 Å². The van der Waals surface area contributed by atoms with Crippen molar-refractivity contribution in [1.29, 1.82) is 5.26 Å². The second-order valence-electron chi connectivity index (χ2n) is 6.76. The molecule has 3 aromatic rings. The molecule has 3 rings (SSSR count). The SMILES string of the molecule is CC(C)N(C(=O)c1sc2nc(N)c(C#N)c(-c3cccs3)c2c1N)C(C)C. The quantitative estimate of drug-likeness (QED) is 0.679. The van der Waals surface area contributed by atoms with Gasteiger partial charge in [-0.1, -0.05) is 6.07 Å². The largest absolute Gasteiger partial charge is 0.397 e. The Morgan fingerprint density at radius 1 is 1.26 bits per heavy atom. The molecule has 0 aromatic carbocycles. The van der Waals surface area contributed by atoms with E-state index < -0.39 is 0 Å². The van der Waals surface area contributed by atoms with Gasteiger partial charge in [-0.05, 0) is 39.1 Å². The van der Waals surface area contributed by atoms with Gasteiger partial charge >= 0.3 is 0 Å². The molecule has 0 unspecified atom stereocenters. The van der Waals surface area contributed by atoms with Crippen LogP contribution in [0.25, 0.3) is 20.7 Å². The topological polar surface area (TPSA) is 109 Å². The minimum absolute atomic E-state index is 0.0339. The van der Waals surface area contributed by atoms with Gasteiger partial charge in [0.15, 0.2) is 0 Å². The highest BCUT2D eigenvalue weighted by molar-refractivity contribution is 7.21. The van der Waals surface area contributed by atoms with Crippen molar-refractivity contribution in [3.8, 4) is 16.5 Å². The molecule has 0 aliphatic carbocycles. The average molecular weight is 400 g/mol. The molecule has 6 nitrogen and oxygen atoms in total. The van der Waals surface area contributed by atoms with Gasteiger partial charge in [0.05, 0.1) is 5.69 Å². The zero-order valence-electron chi connectivity index (χ0n) is 15.6. The number of nitrogens with two attached hydrogens (primary N) is 2. The van der Waals surface area contributed by atoms with Gasteiger partial charge in [0.25, 0.3) is 5.91 Å². The zero-order chi connectivity index (χ0) is 19.9. The Morgan fingerprint density at radius 2 is 1.93 bits per heavy atom. The Balaban J connectivity index is 2.32. The first-order chi connectivity index (χ1) is 12.8. The van der Waals surface area contributed by atoms with Gasteiger partial charge < -0.3 is 16.4 Å². The molecule has 0 radical (unpaired) electrons. The molecular weight excluding hydrogens is 378 g/mol. The molecular formula is C19H21N5OS2. The normalized spacial score (nSPS) is 11.3. The molecule has 140 valence electrons. The standard InChI is InChI=1S/C19H21N5OS2/c1-9(2)24(10(3)4)19(25)16-15(21)14-13(12-6-5-7-26-12)11(8-20)17(22)23-18(14)27-16/h5-7,9-10H,21H2,1-4H3,(H2,22,23). The lowest BCUT2D eigenvalue weighted by Gasteiger charge is -2.30. The van der Waals surface area contributed by atoms with Gasteiger partial charge in [0, 0.05) is 27.9 Å². The lowest BCUT2D eigenvalue weighted by atomic mass is 10.0. The number of pyridine rings is 1. The molecule has 8 heteroatoms. The van der Waals surface area contributed by atoms with E-state index in [-0.39, 0.29) is 29.4 Å². The predicted octanol–water partition coefficient (Wildman–Crippen LogP) is 4.32. The summed E-state index contributed by atoms with van der Waals surface area (Å²) in [5, 5.41) is 12.2. The van der Waals surface area contributed by atoms with E-state index in [0.29, 0.717) is 26.3 Å². The van der Waals surface area contributed by atoms with Crippen LogP contribution in [0, 0.1) is 11.3 Å². The van der Waals surface area contributed by atoms with E-state index in [2.05, 4.69) is 11.1 Å². The number of amides is 1. The lowest BCUT2D eigenvalue weighted by molar-refractivity contribution is 0.0650. The molecule has 0 aliphatic rings. The van der Waals surface area contributed by atoms with Crippen LogP contribution in [-0.2, 0) is 0 Å². The monoisotopic (exact) mass is 399 g/mol. The van der Waals surface area contributed by atoms with Gasteiger partial charge in [-0.3, -0.25) is 4.79 Å². The number of aromatic nitrogens is 1. The molecule has 0 saturated carbocycles. The number of nitrogen functional groups attached to an aromatic ring is 2. The number of hydrogen-bond acceptors (Lipinski definition) is 7. The number of rotatable bonds is 4. The van der Waals surface area contributed by atoms with Crippen LogP contribution in [0.2, 0.25) is 0 Å². The Labute approximate surface area is 166 Å². The van der Waals surface area contributed by atoms with Crippen LogP contribution in [-0.4, -0.2) is 27.9 Å². The molecule has 4 N–H and O–H groups in total. The summed E-state index contributed by atoms with van der Waals surface area (Å²) in [5.74, 6) is 0.0212. The molecule has 3 heterocycles. The lowest BCUT2D eigenvalue weighted by Crippen LogP contribution is -2.41. The van der Waals surface area contributed by atoms with E-state index in [1.807, 2.05) is 45.2 Å². The van der Waals surface area contributed by atoms with Crippen LogP contribution < -0.4 is 11.5 Å². The first-order valence-corrected chi connectivity index (χ1v) is 10.3. The molecule has 0 aliphatic heterocycles. The molecule has 0 spiro atoms. The van der Waals surface area contributed by atoms with E-state index in [1.165, 1.54) is 22.7 Å². The summed E-state index contributed by atoms with van der Waals surface area (Å²) < 4.78 is 0. The van der Waals surface area contributed by atoms with Crippen LogP contribution >= 0.6 is 22.7 Å². The minimum atomic E-state index is -0.130. The van der Waals surface area contributed by atoms with Crippen LogP contribution in [0.5, 0.6) is 0 Å². The van der Waals surface area contributed by atoms with E-state index in [0.717, 1.165) is 4.88 Å². The summed E-state index contributed by atoms with van der Waals surface area (Å²) in [6, 6.07) is 6.02. The molecule has 0 saturated heterocycles. The van der Waals surface area contributed by atoms with Crippen LogP contribution in [0.3, 0.4) is 0 Å². The first kappa shape index (κ1) is 19.1. The molecule has 0 fully saturated rings. The highest BCUT2D eigenvalue weighted by atomic mass is 32.1. The van der Waals surface area contributed by atoms with Crippen molar-refractivity contribution < 1.29 is 4.79 Å². The summed E-state index contributed by atoms with van der Waals surface area (Å²) in [7, 11) is 0. The van der Waals surface area contributed by atoms with Gasteiger partial charge in [0.1, 0.15) is 27.2 Å². The molecule has 3 aromatic heterocycles. The predicted molar refractivity (Wildman–Crippen MR) is 113 cm³/mol. The maximum Gasteiger partial charge on any atom is 0.266 e. The highest BCUT2D eigenvalue weighted by Crippen LogP contribution is 2.44. The number of nitriles is 1. The zero-order valence-corrected chi connectivity index (χ0v) is 17.2. The maximum atomic E-state index is 13.2. The summed E-state index contributed by atoms with van der Waals surface area (Å²) >= 11 is 2.72.